The quantitative estimate of drug-likeness (QED) is 0.801. The van der Waals surface area contributed by atoms with Gasteiger partial charge in [0.05, 0.1) is 32.1 Å². The first kappa shape index (κ1) is 20.7. The van der Waals surface area contributed by atoms with Crippen molar-refractivity contribution in [2.24, 2.45) is 0 Å². The van der Waals surface area contributed by atoms with Crippen LogP contribution in [-0.4, -0.2) is 60.9 Å². The Labute approximate surface area is 176 Å². The van der Waals surface area contributed by atoms with Crippen molar-refractivity contribution >= 4 is 5.95 Å². The molecule has 8 nitrogen and oxygen atoms in total. The second-order valence-corrected chi connectivity index (χ2v) is 8.12. The SMILES string of the molecule is COc1ccc(CN2CCc3c(nc(N4C[C@@H](C)O[C@H](C)C4)[nH]c3=O)C2)c(OC)c1. The van der Waals surface area contributed by atoms with E-state index in [1.807, 2.05) is 32.0 Å². The van der Waals surface area contributed by atoms with E-state index in [0.717, 1.165) is 54.5 Å². The van der Waals surface area contributed by atoms with Crippen molar-refractivity contribution in [1.29, 1.82) is 0 Å². The molecular formula is C22H30N4O4. The molecule has 0 bridgehead atoms. The Bertz CT molecular complexity index is 951. The molecule has 0 spiro atoms. The third-order valence-corrected chi connectivity index (χ3v) is 5.75. The number of aromatic amines is 1. The Morgan fingerprint density at radius 3 is 2.67 bits per heavy atom. The molecule has 30 heavy (non-hydrogen) atoms. The molecule has 0 amide bonds. The number of hydrogen-bond donors (Lipinski definition) is 1. The summed E-state index contributed by atoms with van der Waals surface area (Å²) in [5, 5.41) is 0. The van der Waals surface area contributed by atoms with Gasteiger partial charge in [-0.3, -0.25) is 14.7 Å². The number of methoxy groups -OCH3 is 2. The van der Waals surface area contributed by atoms with Crippen molar-refractivity contribution < 1.29 is 14.2 Å². The summed E-state index contributed by atoms with van der Waals surface area (Å²) in [4.78, 5) is 25.0. The lowest BCUT2D eigenvalue weighted by atomic mass is 10.1. The van der Waals surface area contributed by atoms with Gasteiger partial charge in [0.25, 0.3) is 5.56 Å². The molecule has 1 saturated heterocycles. The maximum Gasteiger partial charge on any atom is 0.255 e. The zero-order valence-electron chi connectivity index (χ0n) is 18.1. The summed E-state index contributed by atoms with van der Waals surface area (Å²) in [6.07, 6.45) is 0.898. The highest BCUT2D eigenvalue weighted by atomic mass is 16.5. The highest BCUT2D eigenvalue weighted by molar-refractivity contribution is 5.41. The van der Waals surface area contributed by atoms with Crippen LogP contribution in [0.15, 0.2) is 23.0 Å². The van der Waals surface area contributed by atoms with Crippen LogP contribution in [-0.2, 0) is 24.2 Å². The molecule has 2 aliphatic rings. The van der Waals surface area contributed by atoms with Gasteiger partial charge in [-0.2, -0.15) is 0 Å². The highest BCUT2D eigenvalue weighted by Gasteiger charge is 2.27. The summed E-state index contributed by atoms with van der Waals surface area (Å²) in [5.41, 5.74) is 2.72. The molecule has 0 saturated carbocycles. The number of rotatable bonds is 5. The molecule has 0 unspecified atom stereocenters. The standard InChI is InChI=1S/C22H30N4O4/c1-14-10-26(11-15(2)30-14)22-23-19-13-25(8-7-18(19)21(27)24-22)12-16-5-6-17(28-3)9-20(16)29-4/h5-6,9,14-15H,7-8,10-13H2,1-4H3,(H,23,24,27)/t14-,15-/m1/s1. The first-order chi connectivity index (χ1) is 14.5. The van der Waals surface area contributed by atoms with Crippen LogP contribution in [0.1, 0.15) is 30.7 Å². The molecular weight excluding hydrogens is 384 g/mol. The zero-order chi connectivity index (χ0) is 21.3. The van der Waals surface area contributed by atoms with Gasteiger partial charge >= 0.3 is 0 Å². The molecule has 1 aromatic carbocycles. The third-order valence-electron chi connectivity index (χ3n) is 5.75. The number of fused-ring (bicyclic) bond motifs is 1. The summed E-state index contributed by atoms with van der Waals surface area (Å²) in [5.74, 6) is 2.21. The van der Waals surface area contributed by atoms with Gasteiger partial charge in [0.1, 0.15) is 11.5 Å². The first-order valence-corrected chi connectivity index (χ1v) is 10.4. The van der Waals surface area contributed by atoms with Crippen LogP contribution >= 0.6 is 0 Å². The van der Waals surface area contributed by atoms with Crippen LogP contribution in [0.5, 0.6) is 11.5 Å². The van der Waals surface area contributed by atoms with E-state index < -0.39 is 0 Å². The van der Waals surface area contributed by atoms with Crippen molar-refractivity contribution in [2.45, 2.75) is 45.6 Å². The lowest BCUT2D eigenvalue weighted by Gasteiger charge is -2.36. The minimum absolute atomic E-state index is 0.0246. The minimum Gasteiger partial charge on any atom is -0.497 e. The number of hydrogen-bond acceptors (Lipinski definition) is 7. The summed E-state index contributed by atoms with van der Waals surface area (Å²) in [7, 11) is 3.31. The van der Waals surface area contributed by atoms with Crippen molar-refractivity contribution in [3.8, 4) is 11.5 Å². The van der Waals surface area contributed by atoms with Crippen LogP contribution in [0.4, 0.5) is 5.95 Å². The van der Waals surface area contributed by atoms with Gasteiger partial charge in [-0.25, -0.2) is 4.98 Å². The van der Waals surface area contributed by atoms with E-state index in [1.165, 1.54) is 0 Å². The van der Waals surface area contributed by atoms with E-state index in [4.69, 9.17) is 19.2 Å². The Hall–Kier alpha value is -2.58. The third kappa shape index (κ3) is 4.29. The predicted octanol–water partition coefficient (Wildman–Crippen LogP) is 1.96. The summed E-state index contributed by atoms with van der Waals surface area (Å²) >= 11 is 0. The molecule has 0 radical (unpaired) electrons. The number of H-pyrrole nitrogens is 1. The van der Waals surface area contributed by atoms with Crippen molar-refractivity contribution in [1.82, 2.24) is 14.9 Å². The van der Waals surface area contributed by atoms with Gasteiger partial charge in [-0.05, 0) is 26.3 Å². The average Bonchev–Trinajstić information content (AvgIpc) is 2.73. The topological polar surface area (TPSA) is 79.9 Å². The zero-order valence-corrected chi connectivity index (χ0v) is 18.1. The summed E-state index contributed by atoms with van der Waals surface area (Å²) in [6.45, 7) is 7.70. The number of ether oxygens (including phenoxy) is 3. The predicted molar refractivity (Wildman–Crippen MR) is 114 cm³/mol. The number of anilines is 1. The van der Waals surface area contributed by atoms with Crippen molar-refractivity contribution in [3.05, 3.63) is 45.4 Å². The van der Waals surface area contributed by atoms with Gasteiger partial charge < -0.3 is 19.1 Å². The second-order valence-electron chi connectivity index (χ2n) is 8.12. The summed E-state index contributed by atoms with van der Waals surface area (Å²) in [6, 6.07) is 5.87. The van der Waals surface area contributed by atoms with Crippen molar-refractivity contribution in [2.75, 3.05) is 38.8 Å². The molecule has 1 N–H and O–H groups in total. The largest absolute Gasteiger partial charge is 0.497 e. The van der Waals surface area contributed by atoms with Gasteiger partial charge in [-0.1, -0.05) is 6.07 Å². The molecule has 1 aromatic heterocycles. The lowest BCUT2D eigenvalue weighted by Crippen LogP contribution is -2.47. The van der Waals surface area contributed by atoms with Crippen LogP contribution in [0, 0.1) is 0 Å². The Balaban J connectivity index is 1.55. The minimum atomic E-state index is -0.0246. The fraction of sp³-hybridized carbons (Fsp3) is 0.545. The van der Waals surface area contributed by atoms with E-state index in [1.54, 1.807) is 14.2 Å². The van der Waals surface area contributed by atoms with Crippen LogP contribution in [0.25, 0.3) is 0 Å². The van der Waals surface area contributed by atoms with Crippen LogP contribution < -0.4 is 19.9 Å². The molecule has 2 aliphatic heterocycles. The molecule has 162 valence electrons. The molecule has 3 heterocycles. The van der Waals surface area contributed by atoms with E-state index >= 15 is 0 Å². The maximum absolute atomic E-state index is 12.7. The van der Waals surface area contributed by atoms with Gasteiger partial charge in [-0.15, -0.1) is 0 Å². The van der Waals surface area contributed by atoms with E-state index in [9.17, 15) is 4.79 Å². The molecule has 4 rings (SSSR count). The van der Waals surface area contributed by atoms with Crippen LogP contribution in [0.2, 0.25) is 0 Å². The van der Waals surface area contributed by atoms with E-state index in [-0.39, 0.29) is 17.8 Å². The normalized spacial score (nSPS) is 21.9. The number of nitrogens with zero attached hydrogens (tertiary/aromatic N) is 3. The Morgan fingerprint density at radius 1 is 1.20 bits per heavy atom. The average molecular weight is 415 g/mol. The van der Waals surface area contributed by atoms with Crippen LogP contribution in [0.3, 0.4) is 0 Å². The molecule has 2 atom stereocenters. The fourth-order valence-electron chi connectivity index (χ4n) is 4.34. The first-order valence-electron chi connectivity index (χ1n) is 10.4. The van der Waals surface area contributed by atoms with Gasteiger partial charge in [0, 0.05) is 49.9 Å². The van der Waals surface area contributed by atoms with Gasteiger partial charge in [0.2, 0.25) is 5.95 Å². The highest BCUT2D eigenvalue weighted by Crippen LogP contribution is 2.27. The maximum atomic E-state index is 12.7. The lowest BCUT2D eigenvalue weighted by molar-refractivity contribution is -0.00576. The molecule has 0 aliphatic carbocycles. The number of nitrogens with one attached hydrogen (secondary N) is 1. The number of morpholine rings is 1. The molecule has 8 heteroatoms. The second kappa shape index (κ2) is 8.65. The number of aromatic nitrogens is 2. The smallest absolute Gasteiger partial charge is 0.255 e. The van der Waals surface area contributed by atoms with E-state index in [2.05, 4.69) is 14.8 Å². The Morgan fingerprint density at radius 2 is 1.97 bits per heavy atom. The van der Waals surface area contributed by atoms with E-state index in [0.29, 0.717) is 18.9 Å². The fourth-order valence-corrected chi connectivity index (χ4v) is 4.34. The van der Waals surface area contributed by atoms with Gasteiger partial charge in [0.15, 0.2) is 0 Å². The summed E-state index contributed by atoms with van der Waals surface area (Å²) < 4.78 is 16.6. The number of benzene rings is 1. The Kier molecular flexibility index (Phi) is 5.97. The molecule has 2 aromatic rings. The monoisotopic (exact) mass is 414 g/mol. The molecule has 1 fully saturated rings. The van der Waals surface area contributed by atoms with Crippen molar-refractivity contribution in [3.63, 3.8) is 0 Å².